The van der Waals surface area contributed by atoms with Crippen molar-refractivity contribution in [2.45, 2.75) is 39.4 Å². The van der Waals surface area contributed by atoms with Crippen LogP contribution in [-0.2, 0) is 29.0 Å². The number of carbonyl (C=O) groups excluding carboxylic acids is 1. The second kappa shape index (κ2) is 9.08. The first-order valence-corrected chi connectivity index (χ1v) is 10.1. The average molecular weight is 429 g/mol. The summed E-state index contributed by atoms with van der Waals surface area (Å²) in [6.07, 6.45) is 3.35. The SMILES string of the molecule is CCn1c(O)c(C=NC(Cc2c[nH]c3ccccc23)C(=O)OC)c(=O)n(CC)c1=S. The highest BCUT2D eigenvalue weighted by atomic mass is 32.1. The molecule has 1 atom stereocenters. The van der Waals surface area contributed by atoms with Gasteiger partial charge >= 0.3 is 5.97 Å². The predicted octanol–water partition coefficient (Wildman–Crippen LogP) is 2.81. The van der Waals surface area contributed by atoms with Crippen LogP contribution in [0.4, 0.5) is 0 Å². The first-order valence-electron chi connectivity index (χ1n) is 9.65. The molecule has 1 unspecified atom stereocenters. The number of fused-ring (bicyclic) bond motifs is 1. The molecule has 0 bridgehead atoms. The zero-order valence-electron chi connectivity index (χ0n) is 17.1. The number of nitrogens with zero attached hydrogens (tertiary/aromatic N) is 3. The topological polar surface area (TPSA) is 102 Å². The van der Waals surface area contributed by atoms with Crippen LogP contribution in [0.2, 0.25) is 0 Å². The second-order valence-electron chi connectivity index (χ2n) is 6.69. The van der Waals surface area contributed by atoms with Crippen molar-refractivity contribution in [2.24, 2.45) is 4.99 Å². The van der Waals surface area contributed by atoms with Crippen molar-refractivity contribution in [2.75, 3.05) is 7.11 Å². The van der Waals surface area contributed by atoms with Gasteiger partial charge in [0.15, 0.2) is 10.8 Å². The van der Waals surface area contributed by atoms with Gasteiger partial charge in [0, 0.05) is 42.8 Å². The number of aromatic hydroxyl groups is 1. The number of hydrogen-bond acceptors (Lipinski definition) is 6. The Kier molecular flexibility index (Phi) is 6.51. The molecule has 158 valence electrons. The fraction of sp³-hybridized carbons (Fsp3) is 0.333. The molecule has 2 heterocycles. The van der Waals surface area contributed by atoms with E-state index in [1.807, 2.05) is 37.4 Å². The van der Waals surface area contributed by atoms with Gasteiger partial charge in [-0.3, -0.25) is 18.9 Å². The Bertz CT molecular complexity index is 1220. The van der Waals surface area contributed by atoms with Gasteiger partial charge in [-0.25, -0.2) is 4.79 Å². The molecule has 0 saturated heterocycles. The van der Waals surface area contributed by atoms with Crippen molar-refractivity contribution < 1.29 is 14.6 Å². The highest BCUT2D eigenvalue weighted by molar-refractivity contribution is 7.71. The molecule has 0 radical (unpaired) electrons. The summed E-state index contributed by atoms with van der Waals surface area (Å²) in [6, 6.07) is 6.87. The number of H-pyrrole nitrogens is 1. The minimum absolute atomic E-state index is 0.0138. The number of rotatable bonds is 7. The van der Waals surface area contributed by atoms with Gasteiger partial charge in [-0.15, -0.1) is 0 Å². The van der Waals surface area contributed by atoms with E-state index in [4.69, 9.17) is 17.0 Å². The summed E-state index contributed by atoms with van der Waals surface area (Å²) in [4.78, 5) is 32.6. The molecule has 0 spiro atoms. The van der Waals surface area contributed by atoms with Gasteiger partial charge in [-0.2, -0.15) is 0 Å². The van der Waals surface area contributed by atoms with E-state index in [9.17, 15) is 14.7 Å². The number of esters is 1. The largest absolute Gasteiger partial charge is 0.494 e. The number of nitrogens with one attached hydrogen (secondary N) is 1. The molecular weight excluding hydrogens is 404 g/mol. The third-order valence-corrected chi connectivity index (χ3v) is 5.45. The summed E-state index contributed by atoms with van der Waals surface area (Å²) in [5.74, 6) is -0.799. The number of ether oxygens (including phenoxy) is 1. The number of carbonyl (C=O) groups is 1. The van der Waals surface area contributed by atoms with Crippen LogP contribution in [0.15, 0.2) is 40.2 Å². The number of aromatic amines is 1. The molecule has 1 aromatic carbocycles. The van der Waals surface area contributed by atoms with E-state index in [0.29, 0.717) is 13.1 Å². The summed E-state index contributed by atoms with van der Waals surface area (Å²) in [5, 5.41) is 11.5. The minimum Gasteiger partial charge on any atom is -0.494 e. The third-order valence-electron chi connectivity index (χ3n) is 5.01. The summed E-state index contributed by atoms with van der Waals surface area (Å²) in [6.45, 7) is 4.36. The maximum atomic E-state index is 12.8. The molecule has 9 heteroatoms. The molecule has 0 aliphatic rings. The molecule has 3 rings (SSSR count). The van der Waals surface area contributed by atoms with Crippen LogP contribution in [0.1, 0.15) is 25.0 Å². The van der Waals surface area contributed by atoms with Gasteiger partial charge in [0.05, 0.1) is 7.11 Å². The monoisotopic (exact) mass is 428 g/mol. The quantitative estimate of drug-likeness (QED) is 0.342. The van der Waals surface area contributed by atoms with Crippen molar-refractivity contribution >= 4 is 35.3 Å². The van der Waals surface area contributed by atoms with E-state index >= 15 is 0 Å². The molecule has 3 aromatic rings. The standard InChI is InChI=1S/C21H24N4O4S/c1-4-24-18(26)15(19(27)25(5-2)21(24)30)12-23-17(20(28)29-3)10-13-11-22-16-9-7-6-8-14(13)16/h6-9,11-12,17,22,26H,4-5,10H2,1-3H3. The van der Waals surface area contributed by atoms with Crippen molar-refractivity contribution in [1.82, 2.24) is 14.1 Å². The number of aromatic nitrogens is 3. The molecule has 2 N–H and O–H groups in total. The lowest BCUT2D eigenvalue weighted by Crippen LogP contribution is -2.29. The number of aliphatic imine (C=N–C) groups is 1. The van der Waals surface area contributed by atoms with Crippen LogP contribution in [0.3, 0.4) is 0 Å². The number of para-hydroxylation sites is 1. The maximum Gasteiger partial charge on any atom is 0.330 e. The lowest BCUT2D eigenvalue weighted by molar-refractivity contribution is -0.142. The number of methoxy groups -OCH3 is 1. The third kappa shape index (κ3) is 3.93. The van der Waals surface area contributed by atoms with Crippen molar-refractivity contribution in [3.63, 3.8) is 0 Å². The Hall–Kier alpha value is -3.20. The first kappa shape index (κ1) is 21.5. The van der Waals surface area contributed by atoms with Gasteiger partial charge in [0.1, 0.15) is 5.56 Å². The Morgan fingerprint density at radius 1 is 1.30 bits per heavy atom. The Labute approximate surface area is 178 Å². The number of hydrogen-bond donors (Lipinski definition) is 2. The normalized spacial score (nSPS) is 12.5. The van der Waals surface area contributed by atoms with E-state index < -0.39 is 17.6 Å². The van der Waals surface area contributed by atoms with E-state index in [-0.39, 0.29) is 22.6 Å². The highest BCUT2D eigenvalue weighted by Crippen LogP contribution is 2.20. The molecule has 0 saturated carbocycles. The summed E-state index contributed by atoms with van der Waals surface area (Å²) >= 11 is 5.29. The molecule has 0 amide bonds. The molecule has 0 fully saturated rings. The number of benzene rings is 1. The van der Waals surface area contributed by atoms with Gasteiger partial charge in [0.2, 0.25) is 5.88 Å². The van der Waals surface area contributed by atoms with Gasteiger partial charge in [0.25, 0.3) is 5.56 Å². The smallest absolute Gasteiger partial charge is 0.330 e. The van der Waals surface area contributed by atoms with Gasteiger partial charge in [-0.1, -0.05) is 18.2 Å². The summed E-state index contributed by atoms with van der Waals surface area (Å²) < 4.78 is 7.97. The van der Waals surface area contributed by atoms with Crippen molar-refractivity contribution in [3.05, 3.63) is 56.7 Å². The Morgan fingerprint density at radius 3 is 2.67 bits per heavy atom. The van der Waals surface area contributed by atoms with Gasteiger partial charge in [-0.05, 0) is 37.7 Å². The van der Waals surface area contributed by atoms with Crippen molar-refractivity contribution in [3.8, 4) is 5.88 Å². The molecule has 2 aromatic heterocycles. The molecule has 0 aliphatic heterocycles. The highest BCUT2D eigenvalue weighted by Gasteiger charge is 2.21. The first-order chi connectivity index (χ1) is 14.4. The fourth-order valence-electron chi connectivity index (χ4n) is 3.39. The average Bonchev–Trinajstić information content (AvgIpc) is 3.15. The molecule has 30 heavy (non-hydrogen) atoms. The summed E-state index contributed by atoms with van der Waals surface area (Å²) in [5.41, 5.74) is 1.38. The van der Waals surface area contributed by atoms with Crippen LogP contribution in [-0.4, -0.2) is 44.6 Å². The van der Waals surface area contributed by atoms with Gasteiger partial charge < -0.3 is 14.8 Å². The van der Waals surface area contributed by atoms with E-state index in [0.717, 1.165) is 16.5 Å². The van der Waals surface area contributed by atoms with Crippen LogP contribution in [0, 0.1) is 4.77 Å². The molecular formula is C21H24N4O4S. The summed E-state index contributed by atoms with van der Waals surface area (Å²) in [7, 11) is 1.29. The Morgan fingerprint density at radius 2 is 2.00 bits per heavy atom. The lowest BCUT2D eigenvalue weighted by atomic mass is 10.1. The predicted molar refractivity (Wildman–Crippen MR) is 118 cm³/mol. The van der Waals surface area contributed by atoms with Crippen LogP contribution in [0.25, 0.3) is 10.9 Å². The zero-order chi connectivity index (χ0) is 21.8. The van der Waals surface area contributed by atoms with E-state index in [1.54, 1.807) is 6.92 Å². The zero-order valence-corrected chi connectivity index (χ0v) is 17.9. The van der Waals surface area contributed by atoms with E-state index in [2.05, 4.69) is 9.98 Å². The van der Waals surface area contributed by atoms with Crippen molar-refractivity contribution in [1.29, 1.82) is 0 Å². The lowest BCUT2D eigenvalue weighted by Gasteiger charge is -2.14. The van der Waals surface area contributed by atoms with Crippen LogP contribution < -0.4 is 5.56 Å². The van der Waals surface area contributed by atoms with E-state index in [1.165, 1.54) is 22.5 Å². The molecule has 8 nitrogen and oxygen atoms in total. The minimum atomic E-state index is -0.874. The second-order valence-corrected chi connectivity index (χ2v) is 7.06. The van der Waals surface area contributed by atoms with Crippen LogP contribution >= 0.6 is 12.2 Å². The fourth-order valence-corrected chi connectivity index (χ4v) is 3.82. The maximum absolute atomic E-state index is 12.8. The Balaban J connectivity index is 2.03. The van der Waals surface area contributed by atoms with Crippen LogP contribution in [0.5, 0.6) is 5.88 Å². The molecule has 0 aliphatic carbocycles.